The lowest BCUT2D eigenvalue weighted by Crippen LogP contribution is -2.45. The van der Waals surface area contributed by atoms with Crippen molar-refractivity contribution >= 4 is 11.9 Å². The molecule has 0 aromatic carbocycles. The predicted octanol–water partition coefficient (Wildman–Crippen LogP) is 17.7. The van der Waals surface area contributed by atoms with Gasteiger partial charge in [-0.1, -0.05) is 289 Å². The molecule has 1 amide bonds. The molecule has 380 valence electrons. The second-order valence-electron chi connectivity index (χ2n) is 20.0. The number of esters is 1. The van der Waals surface area contributed by atoms with Gasteiger partial charge in [0.15, 0.2) is 0 Å². The molecule has 0 rings (SSSR count). The van der Waals surface area contributed by atoms with Gasteiger partial charge >= 0.3 is 5.97 Å². The van der Waals surface area contributed by atoms with Crippen molar-refractivity contribution in [2.24, 2.45) is 0 Å². The predicted molar refractivity (Wildman–Crippen MR) is 278 cm³/mol. The standard InChI is InChI=1S/C58H113NO5/c1-3-5-7-9-11-13-14-15-16-17-23-26-29-32-36-40-44-48-52-58(63)64-53-49-45-41-37-33-30-27-24-21-19-18-20-22-25-28-31-35-39-43-47-51-57(62)59-55(54-60)56(61)50-46-42-38-34-12-10-8-6-4-2/h46,50,55-56,60-61H,3-45,47-49,51-54H2,1-2H3,(H,59,62)/b50-46+. The van der Waals surface area contributed by atoms with E-state index < -0.39 is 12.1 Å². The van der Waals surface area contributed by atoms with Crippen molar-refractivity contribution in [2.45, 2.75) is 334 Å². The van der Waals surface area contributed by atoms with Gasteiger partial charge in [-0.15, -0.1) is 0 Å². The summed E-state index contributed by atoms with van der Waals surface area (Å²) in [6, 6.07) is -0.626. The molecule has 2 unspecified atom stereocenters. The molecule has 0 aliphatic rings. The third-order valence-electron chi connectivity index (χ3n) is 13.6. The zero-order valence-corrected chi connectivity index (χ0v) is 43.3. The van der Waals surface area contributed by atoms with Crippen LogP contribution >= 0.6 is 0 Å². The molecule has 2 atom stereocenters. The lowest BCUT2D eigenvalue weighted by atomic mass is 10.0. The summed E-state index contributed by atoms with van der Waals surface area (Å²) in [5, 5.41) is 22.9. The molecule has 0 saturated carbocycles. The zero-order valence-electron chi connectivity index (χ0n) is 43.3. The second-order valence-corrected chi connectivity index (χ2v) is 20.0. The second kappa shape index (κ2) is 54.2. The lowest BCUT2D eigenvalue weighted by molar-refractivity contribution is -0.143. The number of hydrogen-bond donors (Lipinski definition) is 3. The van der Waals surface area contributed by atoms with Crippen LogP contribution in [-0.2, 0) is 14.3 Å². The molecule has 0 aliphatic heterocycles. The third-order valence-corrected chi connectivity index (χ3v) is 13.6. The summed E-state index contributed by atoms with van der Waals surface area (Å²) in [4.78, 5) is 24.5. The fraction of sp³-hybridized carbons (Fsp3) is 0.931. The van der Waals surface area contributed by atoms with E-state index in [0.717, 1.165) is 38.5 Å². The highest BCUT2D eigenvalue weighted by atomic mass is 16.5. The first-order valence-electron chi connectivity index (χ1n) is 29.0. The molecule has 0 aromatic heterocycles. The van der Waals surface area contributed by atoms with Gasteiger partial charge in [0.25, 0.3) is 0 Å². The highest BCUT2D eigenvalue weighted by Crippen LogP contribution is 2.17. The van der Waals surface area contributed by atoms with Crippen molar-refractivity contribution in [3.05, 3.63) is 12.2 Å². The molecule has 64 heavy (non-hydrogen) atoms. The monoisotopic (exact) mass is 904 g/mol. The van der Waals surface area contributed by atoms with Crippen molar-refractivity contribution in [1.29, 1.82) is 0 Å². The van der Waals surface area contributed by atoms with E-state index in [4.69, 9.17) is 4.74 Å². The molecule has 0 aliphatic carbocycles. The first-order chi connectivity index (χ1) is 31.5. The number of rotatable bonds is 54. The van der Waals surface area contributed by atoms with Gasteiger partial charge < -0.3 is 20.3 Å². The molecule has 6 nitrogen and oxygen atoms in total. The Kier molecular flexibility index (Phi) is 53.0. The summed E-state index contributed by atoms with van der Waals surface area (Å²) in [5.74, 6) is -0.0570. The van der Waals surface area contributed by atoms with Crippen LogP contribution in [0.15, 0.2) is 12.2 Å². The van der Waals surface area contributed by atoms with E-state index in [-0.39, 0.29) is 18.5 Å². The summed E-state index contributed by atoms with van der Waals surface area (Å²) in [7, 11) is 0. The topological polar surface area (TPSA) is 95.9 Å². The van der Waals surface area contributed by atoms with Gasteiger partial charge in [0.2, 0.25) is 5.91 Å². The van der Waals surface area contributed by atoms with Crippen LogP contribution in [-0.4, -0.2) is 47.4 Å². The molecular formula is C58H113NO5. The number of aliphatic hydroxyl groups is 2. The van der Waals surface area contributed by atoms with Crippen molar-refractivity contribution < 1.29 is 24.5 Å². The molecular weight excluding hydrogens is 791 g/mol. The fourth-order valence-corrected chi connectivity index (χ4v) is 9.11. The number of aliphatic hydroxyl groups excluding tert-OH is 2. The Bertz CT molecular complexity index is 955. The van der Waals surface area contributed by atoms with Gasteiger partial charge in [-0.3, -0.25) is 9.59 Å². The van der Waals surface area contributed by atoms with Crippen molar-refractivity contribution in [3.63, 3.8) is 0 Å². The molecule has 0 saturated heterocycles. The maximum absolute atomic E-state index is 12.4. The van der Waals surface area contributed by atoms with Gasteiger partial charge in [0.1, 0.15) is 0 Å². The van der Waals surface area contributed by atoms with E-state index in [0.29, 0.717) is 19.4 Å². The Morgan fingerprint density at radius 2 is 0.719 bits per heavy atom. The van der Waals surface area contributed by atoms with Gasteiger partial charge in [-0.05, 0) is 32.1 Å². The summed E-state index contributed by atoms with van der Waals surface area (Å²) in [5.41, 5.74) is 0. The summed E-state index contributed by atoms with van der Waals surface area (Å²) in [6.45, 7) is 4.89. The van der Waals surface area contributed by atoms with Crippen LogP contribution in [0.25, 0.3) is 0 Å². The highest BCUT2D eigenvalue weighted by molar-refractivity contribution is 5.76. The number of amides is 1. The van der Waals surface area contributed by atoms with E-state index in [2.05, 4.69) is 19.2 Å². The Hall–Kier alpha value is -1.40. The summed E-state index contributed by atoms with van der Waals surface area (Å²) >= 11 is 0. The molecule has 3 N–H and O–H groups in total. The Balaban J connectivity index is 3.34. The molecule has 0 radical (unpaired) electrons. The number of carbonyl (C=O) groups is 2. The van der Waals surface area contributed by atoms with E-state index in [9.17, 15) is 19.8 Å². The van der Waals surface area contributed by atoms with E-state index >= 15 is 0 Å². The van der Waals surface area contributed by atoms with Crippen molar-refractivity contribution in [1.82, 2.24) is 5.32 Å². The minimum Gasteiger partial charge on any atom is -0.466 e. The first kappa shape index (κ1) is 62.6. The average molecular weight is 905 g/mol. The number of hydrogen-bond acceptors (Lipinski definition) is 5. The normalized spacial score (nSPS) is 12.6. The lowest BCUT2D eigenvalue weighted by Gasteiger charge is -2.20. The van der Waals surface area contributed by atoms with Crippen LogP contribution in [0.3, 0.4) is 0 Å². The van der Waals surface area contributed by atoms with Gasteiger partial charge in [0.05, 0.1) is 25.4 Å². The average Bonchev–Trinajstić information content (AvgIpc) is 3.29. The molecule has 0 spiro atoms. The number of ether oxygens (including phenoxy) is 1. The Morgan fingerprint density at radius 3 is 1.06 bits per heavy atom. The fourth-order valence-electron chi connectivity index (χ4n) is 9.11. The van der Waals surface area contributed by atoms with Crippen LogP contribution in [0.4, 0.5) is 0 Å². The number of unbranched alkanes of at least 4 members (excludes halogenated alkanes) is 43. The number of nitrogens with one attached hydrogen (secondary N) is 1. The largest absolute Gasteiger partial charge is 0.466 e. The van der Waals surface area contributed by atoms with Crippen LogP contribution < -0.4 is 5.32 Å². The maximum atomic E-state index is 12.4. The van der Waals surface area contributed by atoms with E-state index in [1.165, 1.54) is 257 Å². The van der Waals surface area contributed by atoms with Gasteiger partial charge in [0, 0.05) is 12.8 Å². The van der Waals surface area contributed by atoms with Crippen LogP contribution in [0, 0.1) is 0 Å². The Morgan fingerprint density at radius 1 is 0.422 bits per heavy atom. The molecule has 0 aromatic rings. The summed E-state index contributed by atoms with van der Waals surface area (Å²) in [6.07, 6.45) is 63.9. The van der Waals surface area contributed by atoms with Gasteiger partial charge in [-0.2, -0.15) is 0 Å². The molecule has 0 fully saturated rings. The minimum atomic E-state index is -0.842. The Labute approximate surface area is 399 Å². The molecule has 0 heterocycles. The van der Waals surface area contributed by atoms with Gasteiger partial charge in [-0.25, -0.2) is 0 Å². The van der Waals surface area contributed by atoms with Crippen LogP contribution in [0.2, 0.25) is 0 Å². The van der Waals surface area contributed by atoms with E-state index in [1.807, 2.05) is 6.08 Å². The first-order valence-corrected chi connectivity index (χ1v) is 29.0. The molecule has 6 heteroatoms. The number of allylic oxidation sites excluding steroid dienone is 1. The summed E-state index contributed by atoms with van der Waals surface area (Å²) < 4.78 is 5.50. The number of carbonyl (C=O) groups excluding carboxylic acids is 2. The minimum absolute atomic E-state index is 0.0144. The molecule has 0 bridgehead atoms. The third kappa shape index (κ3) is 50.0. The maximum Gasteiger partial charge on any atom is 0.305 e. The van der Waals surface area contributed by atoms with Crippen LogP contribution in [0.5, 0.6) is 0 Å². The quantitative estimate of drug-likeness (QED) is 0.0321. The van der Waals surface area contributed by atoms with Crippen molar-refractivity contribution in [3.8, 4) is 0 Å². The van der Waals surface area contributed by atoms with Crippen molar-refractivity contribution in [2.75, 3.05) is 13.2 Å². The highest BCUT2D eigenvalue weighted by Gasteiger charge is 2.18. The van der Waals surface area contributed by atoms with Crippen LogP contribution in [0.1, 0.15) is 322 Å². The zero-order chi connectivity index (χ0) is 46.5. The smallest absolute Gasteiger partial charge is 0.305 e. The SMILES string of the molecule is CCCCCCCCC/C=C/C(O)C(CO)NC(=O)CCCCCCCCCCCCCCCCCCCCCCOC(=O)CCCCCCCCCCCCCCCCCCCC. The van der Waals surface area contributed by atoms with E-state index in [1.54, 1.807) is 6.08 Å².